The maximum Gasteiger partial charge on any atom is 0.0398 e. The van der Waals surface area contributed by atoms with Crippen molar-refractivity contribution < 1.29 is 0 Å². The largest absolute Gasteiger partial charge is 0.362 e. The zero-order valence-electron chi connectivity index (χ0n) is 14.7. The van der Waals surface area contributed by atoms with Gasteiger partial charge < -0.3 is 4.90 Å². The van der Waals surface area contributed by atoms with Crippen molar-refractivity contribution >= 4 is 5.69 Å². The molecular formula is C21H31N. The summed E-state index contributed by atoms with van der Waals surface area (Å²) in [6.07, 6.45) is 6.70. The molecule has 3 rings (SSSR count). The van der Waals surface area contributed by atoms with Gasteiger partial charge in [0.2, 0.25) is 0 Å². The quantitative estimate of drug-likeness (QED) is 0.622. The Kier molecular flexibility index (Phi) is 4.34. The Hall–Kier alpha value is -1.24. The number of nitrogens with zero attached hydrogens (tertiary/aromatic N) is 1. The van der Waals surface area contributed by atoms with Gasteiger partial charge in [0, 0.05) is 17.8 Å². The maximum atomic E-state index is 2.61. The van der Waals surface area contributed by atoms with Crippen molar-refractivity contribution in [1.29, 1.82) is 0 Å². The Labute approximate surface area is 136 Å². The standard InChI is InChI=1S/C21H31N/c1-5-17-11-16(2)12-18(13-17)19-14-21(3,4)22(15-19)20-9-7-6-8-10-20/h6-10,16-17H,5,11-15H2,1-4H3/b19-18+. The van der Waals surface area contributed by atoms with Crippen LogP contribution in [0.1, 0.15) is 59.8 Å². The summed E-state index contributed by atoms with van der Waals surface area (Å²) in [5, 5.41) is 0. The molecule has 1 aromatic rings. The van der Waals surface area contributed by atoms with E-state index in [0.717, 1.165) is 18.4 Å². The lowest BCUT2D eigenvalue weighted by atomic mass is 9.76. The average Bonchev–Trinajstić information content (AvgIpc) is 2.83. The molecule has 2 atom stereocenters. The first kappa shape index (κ1) is 15.6. The van der Waals surface area contributed by atoms with Crippen LogP contribution in [0.25, 0.3) is 0 Å². The highest BCUT2D eigenvalue weighted by Gasteiger charge is 2.37. The van der Waals surface area contributed by atoms with E-state index in [-0.39, 0.29) is 5.54 Å². The maximum absolute atomic E-state index is 2.61. The highest BCUT2D eigenvalue weighted by atomic mass is 15.2. The van der Waals surface area contributed by atoms with Gasteiger partial charge in [-0.15, -0.1) is 0 Å². The molecule has 2 fully saturated rings. The number of hydrogen-bond donors (Lipinski definition) is 0. The van der Waals surface area contributed by atoms with Crippen LogP contribution >= 0.6 is 0 Å². The SMILES string of the molecule is CCC1C/C(=C2/CN(c3ccccc3)C(C)(C)C2)CC(C)C1. The molecule has 0 radical (unpaired) electrons. The van der Waals surface area contributed by atoms with Gasteiger partial charge in [0.25, 0.3) is 0 Å². The molecule has 1 nitrogen and oxygen atoms in total. The van der Waals surface area contributed by atoms with Crippen molar-refractivity contribution in [3.8, 4) is 0 Å². The van der Waals surface area contributed by atoms with E-state index in [1.807, 2.05) is 0 Å². The van der Waals surface area contributed by atoms with E-state index in [4.69, 9.17) is 0 Å². The summed E-state index contributed by atoms with van der Waals surface area (Å²) >= 11 is 0. The van der Waals surface area contributed by atoms with Gasteiger partial charge in [-0.25, -0.2) is 0 Å². The van der Waals surface area contributed by atoms with Crippen molar-refractivity contribution in [2.75, 3.05) is 11.4 Å². The lowest BCUT2D eigenvalue weighted by Crippen LogP contribution is -2.37. The Morgan fingerprint density at radius 3 is 2.50 bits per heavy atom. The molecule has 0 amide bonds. The van der Waals surface area contributed by atoms with E-state index in [0.29, 0.717) is 0 Å². The van der Waals surface area contributed by atoms with Gasteiger partial charge in [0.1, 0.15) is 0 Å². The third kappa shape index (κ3) is 3.09. The first-order valence-electron chi connectivity index (χ1n) is 9.02. The fourth-order valence-electron chi connectivity index (χ4n) is 4.55. The van der Waals surface area contributed by atoms with Crippen molar-refractivity contribution in [3.05, 3.63) is 41.5 Å². The van der Waals surface area contributed by atoms with E-state index >= 15 is 0 Å². The van der Waals surface area contributed by atoms with Gasteiger partial charge in [0.15, 0.2) is 0 Å². The molecule has 2 aliphatic rings. The summed E-state index contributed by atoms with van der Waals surface area (Å²) in [6, 6.07) is 10.9. The molecule has 0 N–H and O–H groups in total. The van der Waals surface area contributed by atoms with E-state index in [2.05, 4.69) is 62.9 Å². The predicted octanol–water partition coefficient (Wildman–Crippen LogP) is 5.82. The monoisotopic (exact) mass is 297 g/mol. The Bertz CT molecular complexity index is 540. The van der Waals surface area contributed by atoms with Crippen molar-refractivity contribution in [2.45, 2.75) is 65.3 Å². The zero-order valence-corrected chi connectivity index (χ0v) is 14.7. The molecule has 1 aromatic carbocycles. The second-order valence-corrected chi connectivity index (χ2v) is 8.14. The first-order chi connectivity index (χ1) is 10.5. The first-order valence-corrected chi connectivity index (χ1v) is 9.02. The van der Waals surface area contributed by atoms with Crippen molar-refractivity contribution in [1.82, 2.24) is 0 Å². The van der Waals surface area contributed by atoms with Gasteiger partial charge >= 0.3 is 0 Å². The lowest BCUT2D eigenvalue weighted by Gasteiger charge is -2.33. The number of benzene rings is 1. The van der Waals surface area contributed by atoms with E-state index in [1.165, 1.54) is 37.8 Å². The molecule has 1 saturated carbocycles. The fraction of sp³-hybridized carbons (Fsp3) is 0.619. The molecule has 0 bridgehead atoms. The summed E-state index contributed by atoms with van der Waals surface area (Å²) in [5.74, 6) is 1.79. The smallest absolute Gasteiger partial charge is 0.0398 e. The van der Waals surface area contributed by atoms with Crippen LogP contribution in [0.5, 0.6) is 0 Å². The van der Waals surface area contributed by atoms with Crippen LogP contribution in [0.3, 0.4) is 0 Å². The molecule has 2 unspecified atom stereocenters. The topological polar surface area (TPSA) is 3.24 Å². The second kappa shape index (κ2) is 6.10. The summed E-state index contributed by atoms with van der Waals surface area (Å²) in [6.45, 7) is 10.7. The number of para-hydroxylation sites is 1. The Balaban J connectivity index is 1.86. The Morgan fingerprint density at radius 2 is 1.82 bits per heavy atom. The van der Waals surface area contributed by atoms with Crippen molar-refractivity contribution in [3.63, 3.8) is 0 Å². The van der Waals surface area contributed by atoms with Crippen LogP contribution in [0, 0.1) is 11.8 Å². The van der Waals surface area contributed by atoms with Crippen molar-refractivity contribution in [2.24, 2.45) is 11.8 Å². The highest BCUT2D eigenvalue weighted by molar-refractivity contribution is 5.53. The third-order valence-corrected chi connectivity index (χ3v) is 5.74. The predicted molar refractivity (Wildman–Crippen MR) is 96.3 cm³/mol. The molecule has 1 heteroatoms. The normalized spacial score (nSPS) is 31.5. The zero-order chi connectivity index (χ0) is 15.7. The molecule has 22 heavy (non-hydrogen) atoms. The Morgan fingerprint density at radius 1 is 1.09 bits per heavy atom. The minimum atomic E-state index is 0.242. The molecular weight excluding hydrogens is 266 g/mol. The number of hydrogen-bond acceptors (Lipinski definition) is 1. The molecule has 0 spiro atoms. The second-order valence-electron chi connectivity index (χ2n) is 8.14. The molecule has 1 saturated heterocycles. The molecule has 1 aliphatic heterocycles. The van der Waals surface area contributed by atoms with Gasteiger partial charge in [-0.05, 0) is 69.1 Å². The van der Waals surface area contributed by atoms with E-state index < -0.39 is 0 Å². The van der Waals surface area contributed by atoms with Crippen LogP contribution in [-0.2, 0) is 0 Å². The summed E-state index contributed by atoms with van der Waals surface area (Å²) in [4.78, 5) is 2.61. The van der Waals surface area contributed by atoms with Gasteiger partial charge in [-0.2, -0.15) is 0 Å². The van der Waals surface area contributed by atoms with Crippen LogP contribution in [0.15, 0.2) is 41.5 Å². The number of anilines is 1. The summed E-state index contributed by atoms with van der Waals surface area (Å²) in [7, 11) is 0. The minimum absolute atomic E-state index is 0.242. The van der Waals surface area contributed by atoms with E-state index in [9.17, 15) is 0 Å². The van der Waals surface area contributed by atoms with Crippen LogP contribution in [0.2, 0.25) is 0 Å². The van der Waals surface area contributed by atoms with Crippen LogP contribution < -0.4 is 4.90 Å². The van der Waals surface area contributed by atoms with Gasteiger partial charge in [0.05, 0.1) is 0 Å². The molecule has 0 aromatic heterocycles. The number of allylic oxidation sites excluding steroid dienone is 1. The summed E-state index contributed by atoms with van der Waals surface area (Å²) in [5.41, 5.74) is 5.14. The minimum Gasteiger partial charge on any atom is -0.362 e. The molecule has 120 valence electrons. The average molecular weight is 297 g/mol. The van der Waals surface area contributed by atoms with Gasteiger partial charge in [-0.3, -0.25) is 0 Å². The number of rotatable bonds is 2. The third-order valence-electron chi connectivity index (χ3n) is 5.74. The van der Waals surface area contributed by atoms with E-state index in [1.54, 1.807) is 11.1 Å². The molecule has 1 aliphatic carbocycles. The highest BCUT2D eigenvalue weighted by Crippen LogP contribution is 2.43. The fourth-order valence-corrected chi connectivity index (χ4v) is 4.55. The summed E-state index contributed by atoms with van der Waals surface area (Å²) < 4.78 is 0. The van der Waals surface area contributed by atoms with Gasteiger partial charge in [-0.1, -0.05) is 44.0 Å². The van der Waals surface area contributed by atoms with Crippen LogP contribution in [-0.4, -0.2) is 12.1 Å². The van der Waals surface area contributed by atoms with Crippen LogP contribution in [0.4, 0.5) is 5.69 Å². The lowest BCUT2D eigenvalue weighted by molar-refractivity contribution is 0.326. The molecule has 1 heterocycles.